The monoisotopic (exact) mass is 505 g/mol. The van der Waals surface area contributed by atoms with Gasteiger partial charge in [-0.15, -0.1) is 10.2 Å². The number of thioether (sulfide) groups is 1. The van der Waals surface area contributed by atoms with E-state index < -0.39 is 0 Å². The van der Waals surface area contributed by atoms with Crippen molar-refractivity contribution in [2.75, 3.05) is 6.54 Å². The molecular weight excluding hydrogens is 477 g/mol. The zero-order chi connectivity index (χ0) is 23.8. The predicted octanol–water partition coefficient (Wildman–Crippen LogP) is 5.87. The van der Waals surface area contributed by atoms with E-state index >= 15 is 0 Å². The van der Waals surface area contributed by atoms with Gasteiger partial charge < -0.3 is 11.1 Å². The lowest BCUT2D eigenvalue weighted by atomic mass is 10.2. The predicted molar refractivity (Wildman–Crippen MR) is 136 cm³/mol. The van der Waals surface area contributed by atoms with Gasteiger partial charge in [0.25, 0.3) is 0 Å². The molecule has 0 bridgehead atoms. The molecule has 1 heterocycles. The van der Waals surface area contributed by atoms with Crippen LogP contribution in [0.5, 0.6) is 0 Å². The highest BCUT2D eigenvalue weighted by molar-refractivity contribution is 7.98. The van der Waals surface area contributed by atoms with Crippen LogP contribution in [0, 0.1) is 6.92 Å². The number of nitrogens with two attached hydrogens (primary N) is 1. The molecule has 3 aromatic rings. The number of carbonyl (C=O) groups is 1. The number of benzene rings is 2. The quantitative estimate of drug-likeness (QED) is 0.251. The van der Waals surface area contributed by atoms with Gasteiger partial charge in [0.2, 0.25) is 5.91 Å². The summed E-state index contributed by atoms with van der Waals surface area (Å²) in [6.45, 7) is 4.62. The van der Waals surface area contributed by atoms with Crippen LogP contribution < -0.4 is 11.1 Å². The summed E-state index contributed by atoms with van der Waals surface area (Å²) >= 11 is 14.2. The number of hydrogen-bond acceptors (Lipinski definition) is 5. The van der Waals surface area contributed by atoms with E-state index in [-0.39, 0.29) is 11.9 Å². The molecule has 9 heteroatoms. The summed E-state index contributed by atoms with van der Waals surface area (Å²) in [6.07, 6.45) is 3.13. The van der Waals surface area contributed by atoms with Crippen molar-refractivity contribution in [1.82, 2.24) is 20.1 Å². The molecule has 1 aromatic heterocycles. The molecule has 33 heavy (non-hydrogen) atoms. The van der Waals surface area contributed by atoms with Crippen LogP contribution >= 0.6 is 35.0 Å². The Morgan fingerprint density at radius 3 is 2.70 bits per heavy atom. The molecule has 1 atom stereocenters. The molecule has 0 aliphatic rings. The third kappa shape index (κ3) is 7.21. The van der Waals surface area contributed by atoms with Crippen molar-refractivity contribution in [2.45, 2.75) is 56.5 Å². The molecule has 0 fully saturated rings. The molecule has 3 N–H and O–H groups in total. The van der Waals surface area contributed by atoms with Crippen molar-refractivity contribution in [3.63, 3.8) is 0 Å². The van der Waals surface area contributed by atoms with Gasteiger partial charge in [-0.25, -0.2) is 0 Å². The van der Waals surface area contributed by atoms with E-state index in [1.807, 2.05) is 23.6 Å². The second-order valence-corrected chi connectivity index (χ2v) is 9.72. The Kier molecular flexibility index (Phi) is 9.62. The van der Waals surface area contributed by atoms with Crippen molar-refractivity contribution in [3.8, 4) is 5.69 Å². The standard InChI is InChI=1S/C24H29Cl2N5OS/c1-16-7-6-8-18(13-16)15-33-24-30-29-23(17(2)28-22(32)9-4-3-5-12-27)31(24)21-11-10-19(25)14-20(21)26/h6-8,10-11,13-14,17H,3-5,9,12,15,27H2,1-2H3,(H,28,32). The SMILES string of the molecule is Cc1cccc(CSc2nnc(C(C)NC(=O)CCCCCN)n2-c2ccc(Cl)cc2Cl)c1. The summed E-state index contributed by atoms with van der Waals surface area (Å²) < 4.78 is 1.90. The second kappa shape index (κ2) is 12.4. The molecule has 0 spiro atoms. The largest absolute Gasteiger partial charge is 0.346 e. The van der Waals surface area contributed by atoms with Crippen molar-refractivity contribution in [1.29, 1.82) is 0 Å². The van der Waals surface area contributed by atoms with Crippen molar-refractivity contribution in [2.24, 2.45) is 5.73 Å². The maximum atomic E-state index is 12.5. The number of nitrogens with one attached hydrogen (secondary N) is 1. The first-order valence-electron chi connectivity index (χ1n) is 11.0. The summed E-state index contributed by atoms with van der Waals surface area (Å²) in [6, 6.07) is 13.3. The number of amides is 1. The molecule has 0 aliphatic heterocycles. The Morgan fingerprint density at radius 2 is 1.97 bits per heavy atom. The number of aromatic nitrogens is 3. The third-order valence-electron chi connectivity index (χ3n) is 5.13. The minimum absolute atomic E-state index is 0.0229. The molecule has 1 unspecified atom stereocenters. The molecule has 0 radical (unpaired) electrons. The lowest BCUT2D eigenvalue weighted by molar-refractivity contribution is -0.121. The van der Waals surface area contributed by atoms with Crippen LogP contribution in [0.3, 0.4) is 0 Å². The Bertz CT molecular complexity index is 1090. The Labute approximate surface area is 209 Å². The van der Waals surface area contributed by atoms with Crippen LogP contribution in [0.4, 0.5) is 0 Å². The fourth-order valence-corrected chi connectivity index (χ4v) is 4.87. The molecular formula is C24H29Cl2N5OS. The summed E-state index contributed by atoms with van der Waals surface area (Å²) in [5.74, 6) is 1.32. The highest BCUT2D eigenvalue weighted by atomic mass is 35.5. The number of carbonyl (C=O) groups excluding carboxylic acids is 1. The maximum Gasteiger partial charge on any atom is 0.220 e. The molecule has 2 aromatic carbocycles. The number of rotatable bonds is 11. The second-order valence-electron chi connectivity index (χ2n) is 7.94. The van der Waals surface area contributed by atoms with Crippen molar-refractivity contribution in [3.05, 3.63) is 69.5 Å². The topological polar surface area (TPSA) is 85.8 Å². The first-order chi connectivity index (χ1) is 15.9. The van der Waals surface area contributed by atoms with Crippen molar-refractivity contribution < 1.29 is 4.79 Å². The van der Waals surface area contributed by atoms with Gasteiger partial charge in [-0.3, -0.25) is 9.36 Å². The van der Waals surface area contributed by atoms with E-state index in [9.17, 15) is 4.79 Å². The molecule has 0 saturated heterocycles. The Morgan fingerprint density at radius 1 is 1.15 bits per heavy atom. The summed E-state index contributed by atoms with van der Waals surface area (Å²) in [5, 5.41) is 13.6. The summed E-state index contributed by atoms with van der Waals surface area (Å²) in [5.41, 5.74) is 8.65. The van der Waals surface area contributed by atoms with Gasteiger partial charge >= 0.3 is 0 Å². The lowest BCUT2D eigenvalue weighted by Crippen LogP contribution is -2.28. The molecule has 0 aliphatic carbocycles. The normalized spacial score (nSPS) is 12.0. The van der Waals surface area contributed by atoms with Gasteiger partial charge in [-0.1, -0.05) is 71.2 Å². The Balaban J connectivity index is 1.84. The van der Waals surface area contributed by atoms with Gasteiger partial charge in [0, 0.05) is 17.2 Å². The highest BCUT2D eigenvalue weighted by Crippen LogP contribution is 2.32. The van der Waals surface area contributed by atoms with Crippen LogP contribution in [-0.4, -0.2) is 27.2 Å². The van der Waals surface area contributed by atoms with Crippen LogP contribution in [-0.2, 0) is 10.5 Å². The zero-order valence-corrected chi connectivity index (χ0v) is 21.2. The molecule has 0 saturated carbocycles. The first kappa shape index (κ1) is 25.6. The average Bonchev–Trinajstić information content (AvgIpc) is 3.19. The van der Waals surface area contributed by atoms with Gasteiger partial charge in [0.15, 0.2) is 11.0 Å². The van der Waals surface area contributed by atoms with Crippen molar-refractivity contribution >= 4 is 40.9 Å². The molecule has 3 rings (SSSR count). The average molecular weight is 507 g/mol. The third-order valence-corrected chi connectivity index (χ3v) is 6.67. The number of halogens is 2. The molecule has 1 amide bonds. The minimum Gasteiger partial charge on any atom is -0.346 e. The Hall–Kier alpha value is -2.06. The number of nitrogens with zero attached hydrogens (tertiary/aromatic N) is 3. The molecule has 176 valence electrons. The van der Waals surface area contributed by atoms with Crippen LogP contribution in [0.15, 0.2) is 47.6 Å². The van der Waals surface area contributed by atoms with E-state index in [0.29, 0.717) is 34.0 Å². The molecule has 6 nitrogen and oxygen atoms in total. The van der Waals surface area contributed by atoms with Gasteiger partial charge in [-0.2, -0.15) is 0 Å². The van der Waals surface area contributed by atoms with Crippen LogP contribution in [0.2, 0.25) is 10.0 Å². The van der Waals surface area contributed by atoms with E-state index in [1.54, 1.807) is 23.9 Å². The van der Waals surface area contributed by atoms with E-state index in [4.69, 9.17) is 28.9 Å². The lowest BCUT2D eigenvalue weighted by Gasteiger charge is -2.17. The van der Waals surface area contributed by atoms with E-state index in [2.05, 4.69) is 40.6 Å². The number of aryl methyl sites for hydroxylation is 1. The van der Waals surface area contributed by atoms with E-state index in [1.165, 1.54) is 11.1 Å². The highest BCUT2D eigenvalue weighted by Gasteiger charge is 2.22. The van der Waals surface area contributed by atoms with E-state index in [0.717, 1.165) is 30.7 Å². The summed E-state index contributed by atoms with van der Waals surface area (Å²) in [4.78, 5) is 12.5. The number of hydrogen-bond donors (Lipinski definition) is 2. The van der Waals surface area contributed by atoms with Gasteiger partial charge in [-0.05, 0) is 57.0 Å². The van der Waals surface area contributed by atoms with Crippen LogP contribution in [0.1, 0.15) is 55.6 Å². The van der Waals surface area contributed by atoms with Crippen LogP contribution in [0.25, 0.3) is 5.69 Å². The minimum atomic E-state index is -0.348. The maximum absolute atomic E-state index is 12.5. The van der Waals surface area contributed by atoms with Gasteiger partial charge in [0.05, 0.1) is 16.8 Å². The fraction of sp³-hybridized carbons (Fsp3) is 0.375. The summed E-state index contributed by atoms with van der Waals surface area (Å²) in [7, 11) is 0. The zero-order valence-electron chi connectivity index (χ0n) is 18.9. The number of unbranched alkanes of at least 4 members (excludes halogenated alkanes) is 2. The first-order valence-corrected chi connectivity index (χ1v) is 12.7. The smallest absolute Gasteiger partial charge is 0.220 e. The van der Waals surface area contributed by atoms with Gasteiger partial charge in [0.1, 0.15) is 0 Å². The fourth-order valence-electron chi connectivity index (χ4n) is 3.48.